The topological polar surface area (TPSA) is 86.1 Å². The summed E-state index contributed by atoms with van der Waals surface area (Å²) in [6.45, 7) is 3.19. The van der Waals surface area contributed by atoms with Crippen molar-refractivity contribution in [1.29, 1.82) is 0 Å². The zero-order chi connectivity index (χ0) is 16.1. The van der Waals surface area contributed by atoms with Gasteiger partial charge in [-0.2, -0.15) is 0 Å². The summed E-state index contributed by atoms with van der Waals surface area (Å²) in [6, 6.07) is 7.27. The number of nitrogens with zero attached hydrogens (tertiary/aromatic N) is 3. The van der Waals surface area contributed by atoms with Crippen LogP contribution in [-0.4, -0.2) is 39.0 Å². The smallest absolute Gasteiger partial charge is 0.318 e. The first-order valence-electron chi connectivity index (χ1n) is 6.54. The summed E-state index contributed by atoms with van der Waals surface area (Å²) in [5.74, 6) is -0.471. The van der Waals surface area contributed by atoms with Gasteiger partial charge in [-0.25, -0.2) is 0 Å². The Morgan fingerprint density at radius 1 is 1.41 bits per heavy atom. The fraction of sp³-hybridized carbons (Fsp3) is 0.286. The highest BCUT2D eigenvalue weighted by Crippen LogP contribution is 2.25. The highest BCUT2D eigenvalue weighted by atomic mass is 32.2. The van der Waals surface area contributed by atoms with Crippen LogP contribution in [0.15, 0.2) is 35.7 Å². The molecule has 0 unspecified atom stereocenters. The number of hydrogen-bond acceptors (Lipinski definition) is 6. The van der Waals surface area contributed by atoms with Gasteiger partial charge in [0.25, 0.3) is 0 Å². The minimum atomic E-state index is -0.397. The monoisotopic (exact) mass is 320 g/mol. The van der Waals surface area contributed by atoms with Gasteiger partial charge in [0.05, 0.1) is 12.8 Å². The molecule has 0 fully saturated rings. The van der Waals surface area contributed by atoms with Gasteiger partial charge in [0.1, 0.15) is 11.6 Å². The van der Waals surface area contributed by atoms with Crippen LogP contribution in [0.1, 0.15) is 13.8 Å². The molecule has 116 valence electrons. The Balaban J connectivity index is 2.25. The number of nitrogens with one attached hydrogen (secondary N) is 1. The van der Waals surface area contributed by atoms with Crippen LogP contribution in [0.5, 0.6) is 0 Å². The number of hydrogen-bond donors (Lipinski definition) is 1. The number of aromatic nitrogens is 3. The minimum Gasteiger partial charge on any atom is -0.468 e. The SMILES string of the molecule is COC(=O)[C@H](C)Sc1nncn1-c1cccc(NC(C)=O)c1. The van der Waals surface area contributed by atoms with Crippen molar-refractivity contribution in [2.24, 2.45) is 0 Å². The standard InChI is InChI=1S/C14H16N4O3S/c1-9(13(20)21-3)22-14-17-15-8-18(14)12-6-4-5-11(7-12)16-10(2)19/h4-9H,1-3H3,(H,16,19)/t9-/m0/s1. The largest absolute Gasteiger partial charge is 0.468 e. The fourth-order valence-corrected chi connectivity index (χ4v) is 2.66. The molecule has 2 rings (SSSR count). The maximum Gasteiger partial charge on any atom is 0.318 e. The number of methoxy groups -OCH3 is 1. The number of amides is 1. The molecule has 2 aromatic rings. The average Bonchev–Trinajstić information content (AvgIpc) is 2.94. The number of carbonyl (C=O) groups is 2. The molecule has 0 aliphatic heterocycles. The first-order chi connectivity index (χ1) is 10.5. The van der Waals surface area contributed by atoms with Crippen molar-refractivity contribution in [3.8, 4) is 5.69 Å². The van der Waals surface area contributed by atoms with Crippen LogP contribution in [-0.2, 0) is 14.3 Å². The fourth-order valence-electron chi connectivity index (χ4n) is 1.79. The first-order valence-corrected chi connectivity index (χ1v) is 7.41. The molecule has 1 N–H and O–H groups in total. The van der Waals surface area contributed by atoms with E-state index in [0.29, 0.717) is 10.8 Å². The lowest BCUT2D eigenvalue weighted by molar-refractivity contribution is -0.139. The zero-order valence-electron chi connectivity index (χ0n) is 12.4. The summed E-state index contributed by atoms with van der Waals surface area (Å²) in [5.41, 5.74) is 1.46. The molecule has 0 spiro atoms. The summed E-state index contributed by atoms with van der Waals surface area (Å²) in [5, 5.41) is 10.8. The second-order valence-corrected chi connectivity index (χ2v) is 5.81. The van der Waals surface area contributed by atoms with Crippen molar-refractivity contribution in [2.75, 3.05) is 12.4 Å². The van der Waals surface area contributed by atoms with E-state index in [-0.39, 0.29) is 11.9 Å². The van der Waals surface area contributed by atoms with Crippen molar-refractivity contribution in [3.05, 3.63) is 30.6 Å². The Kier molecular flexibility index (Phi) is 5.16. The zero-order valence-corrected chi connectivity index (χ0v) is 13.3. The lowest BCUT2D eigenvalue weighted by atomic mass is 10.2. The second-order valence-electron chi connectivity index (χ2n) is 4.50. The van der Waals surface area contributed by atoms with Crippen LogP contribution in [0.25, 0.3) is 5.69 Å². The molecule has 1 heterocycles. The molecular weight excluding hydrogens is 304 g/mol. The van der Waals surface area contributed by atoms with Gasteiger partial charge in [-0.1, -0.05) is 17.8 Å². The Labute approximate surface area is 132 Å². The Bertz CT molecular complexity index is 686. The molecule has 0 saturated heterocycles. The number of carbonyl (C=O) groups excluding carboxylic acids is 2. The van der Waals surface area contributed by atoms with E-state index >= 15 is 0 Å². The van der Waals surface area contributed by atoms with Gasteiger partial charge in [0, 0.05) is 12.6 Å². The summed E-state index contributed by atoms with van der Waals surface area (Å²) >= 11 is 1.25. The van der Waals surface area contributed by atoms with E-state index < -0.39 is 5.25 Å². The molecule has 0 bridgehead atoms. The van der Waals surface area contributed by atoms with Crippen molar-refractivity contribution in [2.45, 2.75) is 24.3 Å². The average molecular weight is 320 g/mol. The molecule has 7 nitrogen and oxygen atoms in total. The Hall–Kier alpha value is -2.35. The van der Waals surface area contributed by atoms with E-state index in [9.17, 15) is 9.59 Å². The third-order valence-electron chi connectivity index (χ3n) is 2.78. The van der Waals surface area contributed by atoms with Crippen LogP contribution < -0.4 is 5.32 Å². The number of thioether (sulfide) groups is 1. The summed E-state index contributed by atoms with van der Waals surface area (Å²) in [6.07, 6.45) is 1.55. The van der Waals surface area contributed by atoms with E-state index in [1.54, 1.807) is 30.0 Å². The summed E-state index contributed by atoms with van der Waals surface area (Å²) in [7, 11) is 1.35. The number of anilines is 1. The van der Waals surface area contributed by atoms with Crippen molar-refractivity contribution in [3.63, 3.8) is 0 Å². The number of benzene rings is 1. The molecule has 1 aromatic heterocycles. The molecule has 0 radical (unpaired) electrons. The van der Waals surface area contributed by atoms with Crippen LogP contribution in [0.3, 0.4) is 0 Å². The van der Waals surface area contributed by atoms with Crippen molar-refractivity contribution < 1.29 is 14.3 Å². The van der Waals surface area contributed by atoms with E-state index in [2.05, 4.69) is 15.5 Å². The van der Waals surface area contributed by atoms with Gasteiger partial charge in [-0.3, -0.25) is 14.2 Å². The van der Waals surface area contributed by atoms with Gasteiger partial charge in [0.2, 0.25) is 5.91 Å². The first kappa shape index (κ1) is 16.0. The van der Waals surface area contributed by atoms with E-state index in [0.717, 1.165) is 5.69 Å². The molecule has 1 aromatic carbocycles. The van der Waals surface area contributed by atoms with Crippen molar-refractivity contribution >= 4 is 29.3 Å². The number of ether oxygens (including phenoxy) is 1. The van der Waals surface area contributed by atoms with Crippen molar-refractivity contribution in [1.82, 2.24) is 14.8 Å². The molecule has 22 heavy (non-hydrogen) atoms. The van der Waals surface area contributed by atoms with Gasteiger partial charge in [-0.15, -0.1) is 10.2 Å². The summed E-state index contributed by atoms with van der Waals surface area (Å²) in [4.78, 5) is 22.6. The quantitative estimate of drug-likeness (QED) is 0.669. The molecule has 1 amide bonds. The molecule has 0 saturated carbocycles. The minimum absolute atomic E-state index is 0.144. The predicted molar refractivity (Wildman–Crippen MR) is 83.0 cm³/mol. The van der Waals surface area contributed by atoms with Crippen LogP contribution in [0.2, 0.25) is 0 Å². The van der Waals surface area contributed by atoms with Gasteiger partial charge < -0.3 is 10.1 Å². The van der Waals surface area contributed by atoms with E-state index in [1.807, 2.05) is 12.1 Å². The second kappa shape index (κ2) is 7.08. The number of rotatable bonds is 5. The number of esters is 1. The molecular formula is C14H16N4O3S. The van der Waals surface area contributed by atoms with Crippen LogP contribution >= 0.6 is 11.8 Å². The maximum atomic E-state index is 11.5. The van der Waals surface area contributed by atoms with Crippen LogP contribution in [0.4, 0.5) is 5.69 Å². The Morgan fingerprint density at radius 3 is 2.86 bits per heavy atom. The molecule has 0 aliphatic carbocycles. The molecule has 0 aliphatic rings. The van der Waals surface area contributed by atoms with E-state index in [1.165, 1.54) is 25.8 Å². The third-order valence-corrected chi connectivity index (χ3v) is 3.81. The van der Waals surface area contributed by atoms with Gasteiger partial charge in [-0.05, 0) is 25.1 Å². The highest BCUT2D eigenvalue weighted by molar-refractivity contribution is 8.00. The predicted octanol–water partition coefficient (Wildman–Crippen LogP) is 1.88. The van der Waals surface area contributed by atoms with Gasteiger partial charge >= 0.3 is 5.97 Å². The molecule has 1 atom stereocenters. The molecule has 8 heteroatoms. The van der Waals surface area contributed by atoms with Gasteiger partial charge in [0.15, 0.2) is 5.16 Å². The highest BCUT2D eigenvalue weighted by Gasteiger charge is 2.18. The van der Waals surface area contributed by atoms with Crippen LogP contribution in [0, 0.1) is 0 Å². The Morgan fingerprint density at radius 2 is 2.18 bits per heavy atom. The lowest BCUT2D eigenvalue weighted by Crippen LogP contribution is -2.15. The lowest BCUT2D eigenvalue weighted by Gasteiger charge is -2.11. The van der Waals surface area contributed by atoms with E-state index in [4.69, 9.17) is 4.74 Å². The summed E-state index contributed by atoms with van der Waals surface area (Å²) < 4.78 is 6.45. The normalized spacial score (nSPS) is 11.8. The maximum absolute atomic E-state index is 11.5. The third kappa shape index (κ3) is 3.85.